The minimum atomic E-state index is 0.327. The Bertz CT molecular complexity index is 294. The predicted octanol–water partition coefficient (Wildman–Crippen LogP) is 1.96. The number of rotatable bonds is 8. The van der Waals surface area contributed by atoms with Crippen molar-refractivity contribution in [1.82, 2.24) is 9.80 Å². The Kier molecular flexibility index (Phi) is 7.92. The summed E-state index contributed by atoms with van der Waals surface area (Å²) in [6, 6.07) is 0.724. The molecule has 5 nitrogen and oxygen atoms in total. The van der Waals surface area contributed by atoms with Crippen LogP contribution < -0.4 is 5.73 Å². The summed E-state index contributed by atoms with van der Waals surface area (Å²) in [5.41, 5.74) is 5.58. The van der Waals surface area contributed by atoms with Gasteiger partial charge in [0.15, 0.2) is 0 Å². The van der Waals surface area contributed by atoms with Crippen LogP contribution in [0.3, 0.4) is 0 Å². The zero-order valence-corrected chi connectivity index (χ0v) is 13.4. The summed E-state index contributed by atoms with van der Waals surface area (Å²) in [5, 5.41) is 11.7. The summed E-state index contributed by atoms with van der Waals surface area (Å²) >= 11 is 0. The van der Waals surface area contributed by atoms with Crippen molar-refractivity contribution in [2.45, 2.75) is 52.0 Å². The second kappa shape index (κ2) is 9.19. The van der Waals surface area contributed by atoms with Crippen LogP contribution in [-0.4, -0.2) is 60.1 Å². The van der Waals surface area contributed by atoms with Gasteiger partial charge in [-0.25, -0.2) is 0 Å². The molecule has 1 aliphatic rings. The fraction of sp³-hybridized carbons (Fsp3) is 0.933. The van der Waals surface area contributed by atoms with Crippen LogP contribution in [0.1, 0.15) is 46.0 Å². The van der Waals surface area contributed by atoms with E-state index >= 15 is 0 Å². The molecule has 0 aromatic heterocycles. The molecule has 0 aliphatic carbocycles. The standard InChI is InChI=1S/C15H32N4O/c1-13(2)12-19(11-8-15(16)17-20)10-7-14-6-4-5-9-18(14)3/h13-14,20H,4-12H2,1-3H3,(H2,16,17). The second-order valence-corrected chi connectivity index (χ2v) is 6.45. The number of likely N-dealkylation sites (tertiary alicyclic amines) is 1. The molecule has 1 heterocycles. The molecule has 0 spiro atoms. The SMILES string of the molecule is CC(C)CN(CCC(N)=NO)CCC1CCCCN1C. The minimum Gasteiger partial charge on any atom is -0.409 e. The molecule has 1 aliphatic heterocycles. The first-order valence-electron chi connectivity index (χ1n) is 7.92. The third-order valence-electron chi connectivity index (χ3n) is 4.14. The molecule has 1 unspecified atom stereocenters. The lowest BCUT2D eigenvalue weighted by atomic mass is 9.99. The van der Waals surface area contributed by atoms with Gasteiger partial charge in [0.25, 0.3) is 0 Å². The number of nitrogens with two attached hydrogens (primary N) is 1. The van der Waals surface area contributed by atoms with Crippen molar-refractivity contribution in [2.75, 3.05) is 33.2 Å². The molecule has 118 valence electrons. The van der Waals surface area contributed by atoms with Gasteiger partial charge in [-0.05, 0) is 45.3 Å². The Morgan fingerprint density at radius 1 is 1.40 bits per heavy atom. The van der Waals surface area contributed by atoms with Gasteiger partial charge >= 0.3 is 0 Å². The summed E-state index contributed by atoms with van der Waals surface area (Å²) in [6.07, 6.45) is 5.89. The summed E-state index contributed by atoms with van der Waals surface area (Å²) in [5.74, 6) is 0.972. The van der Waals surface area contributed by atoms with Crippen LogP contribution in [0.15, 0.2) is 5.16 Å². The van der Waals surface area contributed by atoms with Crippen molar-refractivity contribution in [3.8, 4) is 0 Å². The quantitative estimate of drug-likeness (QED) is 0.309. The lowest BCUT2D eigenvalue weighted by Crippen LogP contribution is -2.40. The number of oxime groups is 1. The number of hydrogen-bond donors (Lipinski definition) is 2. The van der Waals surface area contributed by atoms with Crippen molar-refractivity contribution in [1.29, 1.82) is 0 Å². The third-order valence-corrected chi connectivity index (χ3v) is 4.14. The molecule has 1 rings (SSSR count). The molecule has 5 heteroatoms. The number of piperidine rings is 1. The van der Waals surface area contributed by atoms with Gasteiger partial charge in [0, 0.05) is 25.6 Å². The van der Waals surface area contributed by atoms with Crippen molar-refractivity contribution in [3.63, 3.8) is 0 Å². The van der Waals surface area contributed by atoms with Crippen LogP contribution in [0.25, 0.3) is 0 Å². The molecule has 0 saturated carbocycles. The second-order valence-electron chi connectivity index (χ2n) is 6.45. The fourth-order valence-electron chi connectivity index (χ4n) is 2.97. The summed E-state index contributed by atoms with van der Waals surface area (Å²) in [7, 11) is 2.24. The predicted molar refractivity (Wildman–Crippen MR) is 84.2 cm³/mol. The zero-order chi connectivity index (χ0) is 15.0. The molecule has 1 atom stereocenters. The molecule has 20 heavy (non-hydrogen) atoms. The molecule has 3 N–H and O–H groups in total. The first-order chi connectivity index (χ1) is 9.52. The first kappa shape index (κ1) is 17.2. The van der Waals surface area contributed by atoms with E-state index in [1.807, 2.05) is 0 Å². The van der Waals surface area contributed by atoms with Crippen LogP contribution >= 0.6 is 0 Å². The number of amidine groups is 1. The number of hydrogen-bond acceptors (Lipinski definition) is 4. The molecule has 1 saturated heterocycles. The lowest BCUT2D eigenvalue weighted by Gasteiger charge is -2.34. The van der Waals surface area contributed by atoms with Crippen molar-refractivity contribution >= 4 is 5.84 Å². The van der Waals surface area contributed by atoms with Gasteiger partial charge in [0.2, 0.25) is 0 Å². The monoisotopic (exact) mass is 284 g/mol. The van der Waals surface area contributed by atoms with Gasteiger partial charge in [-0.1, -0.05) is 25.4 Å². The third kappa shape index (κ3) is 6.57. The number of nitrogens with zero attached hydrogens (tertiary/aromatic N) is 3. The molecular formula is C15H32N4O. The van der Waals surface area contributed by atoms with E-state index in [0.717, 1.165) is 25.7 Å². The molecule has 1 fully saturated rings. The van der Waals surface area contributed by atoms with Gasteiger partial charge < -0.3 is 20.7 Å². The fourth-order valence-corrected chi connectivity index (χ4v) is 2.97. The molecular weight excluding hydrogens is 252 g/mol. The van der Waals surface area contributed by atoms with Gasteiger partial charge in [-0.2, -0.15) is 0 Å². The van der Waals surface area contributed by atoms with Gasteiger partial charge in [0.1, 0.15) is 5.84 Å². The maximum absolute atomic E-state index is 8.64. The van der Waals surface area contributed by atoms with Gasteiger partial charge in [-0.15, -0.1) is 0 Å². The molecule has 0 bridgehead atoms. The molecule has 0 aromatic rings. The summed E-state index contributed by atoms with van der Waals surface area (Å²) in [4.78, 5) is 4.95. The highest BCUT2D eigenvalue weighted by Crippen LogP contribution is 2.18. The Labute approximate surface area is 123 Å². The lowest BCUT2D eigenvalue weighted by molar-refractivity contribution is 0.150. The Balaban J connectivity index is 2.38. The van der Waals surface area contributed by atoms with E-state index < -0.39 is 0 Å². The summed E-state index contributed by atoms with van der Waals surface area (Å²) < 4.78 is 0. The highest BCUT2D eigenvalue weighted by Gasteiger charge is 2.19. The van der Waals surface area contributed by atoms with E-state index in [-0.39, 0.29) is 0 Å². The average molecular weight is 284 g/mol. The van der Waals surface area contributed by atoms with Crippen LogP contribution in [-0.2, 0) is 0 Å². The Hall–Kier alpha value is -0.810. The van der Waals surface area contributed by atoms with E-state index in [4.69, 9.17) is 10.9 Å². The van der Waals surface area contributed by atoms with Gasteiger partial charge in [0.05, 0.1) is 0 Å². The van der Waals surface area contributed by atoms with Crippen molar-refractivity contribution in [2.24, 2.45) is 16.8 Å². The van der Waals surface area contributed by atoms with Crippen molar-refractivity contribution in [3.05, 3.63) is 0 Å². The zero-order valence-electron chi connectivity index (χ0n) is 13.4. The molecule has 0 aromatic carbocycles. The maximum Gasteiger partial charge on any atom is 0.140 e. The molecule has 0 amide bonds. The van der Waals surface area contributed by atoms with Crippen LogP contribution in [0.2, 0.25) is 0 Å². The minimum absolute atomic E-state index is 0.327. The van der Waals surface area contributed by atoms with E-state index in [0.29, 0.717) is 18.2 Å². The van der Waals surface area contributed by atoms with Crippen LogP contribution in [0.5, 0.6) is 0 Å². The van der Waals surface area contributed by atoms with Gasteiger partial charge in [-0.3, -0.25) is 0 Å². The van der Waals surface area contributed by atoms with Crippen LogP contribution in [0.4, 0.5) is 0 Å². The van der Waals surface area contributed by atoms with E-state index in [1.165, 1.54) is 32.2 Å². The largest absolute Gasteiger partial charge is 0.409 e. The van der Waals surface area contributed by atoms with Crippen LogP contribution in [0, 0.1) is 5.92 Å². The maximum atomic E-state index is 8.64. The van der Waals surface area contributed by atoms with E-state index in [2.05, 4.69) is 35.9 Å². The smallest absolute Gasteiger partial charge is 0.140 e. The highest BCUT2D eigenvalue weighted by molar-refractivity contribution is 5.79. The normalized spacial score (nSPS) is 21.9. The average Bonchev–Trinajstić information content (AvgIpc) is 2.42. The highest BCUT2D eigenvalue weighted by atomic mass is 16.4. The van der Waals surface area contributed by atoms with E-state index in [1.54, 1.807) is 0 Å². The first-order valence-corrected chi connectivity index (χ1v) is 7.92. The Morgan fingerprint density at radius 3 is 2.75 bits per heavy atom. The molecule has 0 radical (unpaired) electrons. The Morgan fingerprint density at radius 2 is 2.15 bits per heavy atom. The summed E-state index contributed by atoms with van der Waals surface area (Å²) in [6.45, 7) is 8.77. The van der Waals surface area contributed by atoms with Crippen molar-refractivity contribution < 1.29 is 5.21 Å². The van der Waals surface area contributed by atoms with E-state index in [9.17, 15) is 0 Å². The topological polar surface area (TPSA) is 65.1 Å².